The van der Waals surface area contributed by atoms with Gasteiger partial charge in [0.15, 0.2) is 0 Å². The van der Waals surface area contributed by atoms with Crippen molar-refractivity contribution in [2.75, 3.05) is 51.8 Å². The second-order valence-corrected chi connectivity index (χ2v) is 7.22. The number of likely N-dealkylation sites (N-methyl/N-ethyl adjacent to an activating group) is 1. The molecular formula is C22H29N3O2. The lowest BCUT2D eigenvalue weighted by Crippen LogP contribution is -2.39. The number of morpholine rings is 1. The van der Waals surface area contributed by atoms with E-state index in [2.05, 4.69) is 46.3 Å². The Morgan fingerprint density at radius 1 is 1.11 bits per heavy atom. The number of amides is 1. The first-order valence-electron chi connectivity index (χ1n) is 9.49. The maximum atomic E-state index is 12.9. The van der Waals surface area contributed by atoms with Gasteiger partial charge in [0.25, 0.3) is 5.91 Å². The molecule has 1 N–H and O–H groups in total. The van der Waals surface area contributed by atoms with E-state index in [1.54, 1.807) is 0 Å². The van der Waals surface area contributed by atoms with Gasteiger partial charge in [-0.05, 0) is 38.7 Å². The highest BCUT2D eigenvalue weighted by molar-refractivity contribution is 5.99. The lowest BCUT2D eigenvalue weighted by Gasteiger charge is -2.30. The number of carbonyl (C=O) groups is 1. The number of para-hydroxylation sites is 1. The van der Waals surface area contributed by atoms with Crippen LogP contribution in [-0.4, -0.2) is 57.8 Å². The van der Waals surface area contributed by atoms with E-state index in [-0.39, 0.29) is 11.9 Å². The van der Waals surface area contributed by atoms with Crippen LogP contribution in [0.15, 0.2) is 48.5 Å². The molecule has 3 rings (SSSR count). The molecule has 0 radical (unpaired) electrons. The average molecular weight is 367 g/mol. The van der Waals surface area contributed by atoms with E-state index in [4.69, 9.17) is 4.74 Å². The highest BCUT2D eigenvalue weighted by Crippen LogP contribution is 2.22. The summed E-state index contributed by atoms with van der Waals surface area (Å²) >= 11 is 0. The number of benzene rings is 2. The van der Waals surface area contributed by atoms with E-state index in [1.807, 2.05) is 38.4 Å². The normalized spacial score (nSPS) is 15.6. The zero-order chi connectivity index (χ0) is 19.2. The SMILES string of the molecule is Cc1ccc(C(CNC(=O)c2ccccc2N2CCOCC2)N(C)C)cc1. The van der Waals surface area contributed by atoms with Crippen LogP contribution in [0.25, 0.3) is 0 Å². The number of hydrogen-bond acceptors (Lipinski definition) is 4. The molecule has 144 valence electrons. The van der Waals surface area contributed by atoms with Crippen LogP contribution in [0.4, 0.5) is 5.69 Å². The molecule has 0 bridgehead atoms. The summed E-state index contributed by atoms with van der Waals surface area (Å²) < 4.78 is 5.44. The molecule has 0 spiro atoms. The zero-order valence-electron chi connectivity index (χ0n) is 16.4. The van der Waals surface area contributed by atoms with E-state index >= 15 is 0 Å². The van der Waals surface area contributed by atoms with Crippen molar-refractivity contribution in [3.05, 3.63) is 65.2 Å². The van der Waals surface area contributed by atoms with Crippen molar-refractivity contribution >= 4 is 11.6 Å². The Hall–Kier alpha value is -2.37. The van der Waals surface area contributed by atoms with Crippen LogP contribution >= 0.6 is 0 Å². The van der Waals surface area contributed by atoms with Crippen LogP contribution in [0.3, 0.4) is 0 Å². The summed E-state index contributed by atoms with van der Waals surface area (Å²) in [7, 11) is 4.08. The van der Waals surface area contributed by atoms with Crippen LogP contribution < -0.4 is 10.2 Å². The van der Waals surface area contributed by atoms with Crippen LogP contribution in [0.2, 0.25) is 0 Å². The fraction of sp³-hybridized carbons (Fsp3) is 0.409. The topological polar surface area (TPSA) is 44.8 Å². The quantitative estimate of drug-likeness (QED) is 0.853. The number of hydrogen-bond donors (Lipinski definition) is 1. The van der Waals surface area contributed by atoms with Crippen molar-refractivity contribution in [1.82, 2.24) is 10.2 Å². The molecule has 1 heterocycles. The minimum Gasteiger partial charge on any atom is -0.378 e. The standard InChI is InChI=1S/C22H29N3O2/c1-17-8-10-18(11-9-17)21(24(2)3)16-23-22(26)19-6-4-5-7-20(19)25-12-14-27-15-13-25/h4-11,21H,12-16H2,1-3H3,(H,23,26). The van der Waals surface area contributed by atoms with Gasteiger partial charge in [-0.2, -0.15) is 0 Å². The highest BCUT2D eigenvalue weighted by Gasteiger charge is 2.20. The first-order valence-corrected chi connectivity index (χ1v) is 9.49. The number of ether oxygens (including phenoxy) is 1. The van der Waals surface area contributed by atoms with Gasteiger partial charge in [-0.15, -0.1) is 0 Å². The molecule has 0 aliphatic carbocycles. The van der Waals surface area contributed by atoms with Gasteiger partial charge in [0.05, 0.1) is 24.8 Å². The molecule has 1 aliphatic rings. The summed E-state index contributed by atoms with van der Waals surface area (Å²) in [6.07, 6.45) is 0. The molecule has 2 aromatic rings. The fourth-order valence-corrected chi connectivity index (χ4v) is 3.42. The van der Waals surface area contributed by atoms with E-state index < -0.39 is 0 Å². The Morgan fingerprint density at radius 3 is 2.44 bits per heavy atom. The van der Waals surface area contributed by atoms with Crippen molar-refractivity contribution in [2.24, 2.45) is 0 Å². The van der Waals surface area contributed by atoms with E-state index in [9.17, 15) is 4.79 Å². The molecule has 1 unspecified atom stereocenters. The van der Waals surface area contributed by atoms with Gasteiger partial charge in [-0.1, -0.05) is 42.0 Å². The smallest absolute Gasteiger partial charge is 0.253 e. The van der Waals surface area contributed by atoms with Crippen LogP contribution in [-0.2, 0) is 4.74 Å². The van der Waals surface area contributed by atoms with Gasteiger partial charge in [0.2, 0.25) is 0 Å². The van der Waals surface area contributed by atoms with E-state index in [0.717, 1.165) is 24.3 Å². The molecular weight excluding hydrogens is 338 g/mol. The summed E-state index contributed by atoms with van der Waals surface area (Å²) in [5.74, 6) is -0.0314. The third kappa shape index (κ3) is 4.87. The lowest BCUT2D eigenvalue weighted by atomic mass is 10.0. The molecule has 1 amide bonds. The largest absolute Gasteiger partial charge is 0.378 e. The molecule has 2 aromatic carbocycles. The molecule has 5 heteroatoms. The Labute approximate surface area is 161 Å². The molecule has 1 atom stereocenters. The van der Waals surface area contributed by atoms with Crippen LogP contribution in [0.1, 0.15) is 27.5 Å². The predicted molar refractivity (Wildman–Crippen MR) is 109 cm³/mol. The van der Waals surface area contributed by atoms with Crippen molar-refractivity contribution < 1.29 is 9.53 Å². The maximum absolute atomic E-state index is 12.9. The Morgan fingerprint density at radius 2 is 1.78 bits per heavy atom. The molecule has 5 nitrogen and oxygen atoms in total. The number of anilines is 1. The first-order chi connectivity index (χ1) is 13.1. The lowest BCUT2D eigenvalue weighted by molar-refractivity contribution is 0.0940. The van der Waals surface area contributed by atoms with Gasteiger partial charge in [-0.3, -0.25) is 4.79 Å². The first kappa shape index (κ1) is 19.4. The third-order valence-electron chi connectivity index (χ3n) is 5.04. The minimum absolute atomic E-state index is 0.0314. The summed E-state index contributed by atoms with van der Waals surface area (Å²) in [6, 6.07) is 16.4. The predicted octanol–water partition coefficient (Wildman–Crippen LogP) is 2.86. The van der Waals surface area contributed by atoms with Gasteiger partial charge in [-0.25, -0.2) is 0 Å². The summed E-state index contributed by atoms with van der Waals surface area (Å²) in [5, 5.41) is 3.13. The molecule has 0 aromatic heterocycles. The molecule has 1 fully saturated rings. The number of nitrogens with zero attached hydrogens (tertiary/aromatic N) is 2. The Bertz CT molecular complexity index is 752. The summed E-state index contributed by atoms with van der Waals surface area (Å²) in [5.41, 5.74) is 4.14. The van der Waals surface area contributed by atoms with E-state index in [0.29, 0.717) is 19.8 Å². The van der Waals surface area contributed by atoms with Gasteiger partial charge >= 0.3 is 0 Å². The van der Waals surface area contributed by atoms with Gasteiger partial charge < -0.3 is 19.9 Å². The number of nitrogens with one attached hydrogen (secondary N) is 1. The molecule has 27 heavy (non-hydrogen) atoms. The van der Waals surface area contributed by atoms with Crippen LogP contribution in [0, 0.1) is 6.92 Å². The summed E-state index contributed by atoms with van der Waals surface area (Å²) in [6.45, 7) is 5.67. The van der Waals surface area contributed by atoms with Crippen molar-refractivity contribution in [1.29, 1.82) is 0 Å². The third-order valence-corrected chi connectivity index (χ3v) is 5.04. The second-order valence-electron chi connectivity index (χ2n) is 7.22. The zero-order valence-corrected chi connectivity index (χ0v) is 16.4. The Balaban J connectivity index is 1.72. The fourth-order valence-electron chi connectivity index (χ4n) is 3.42. The highest BCUT2D eigenvalue weighted by atomic mass is 16.5. The molecule has 1 aliphatic heterocycles. The van der Waals surface area contributed by atoms with Gasteiger partial charge in [0, 0.05) is 25.3 Å². The number of carbonyl (C=O) groups excluding carboxylic acids is 1. The van der Waals surface area contributed by atoms with Crippen LogP contribution in [0.5, 0.6) is 0 Å². The van der Waals surface area contributed by atoms with Gasteiger partial charge in [0.1, 0.15) is 0 Å². The maximum Gasteiger partial charge on any atom is 0.253 e. The average Bonchev–Trinajstić information content (AvgIpc) is 2.70. The van der Waals surface area contributed by atoms with Crippen molar-refractivity contribution in [3.8, 4) is 0 Å². The monoisotopic (exact) mass is 367 g/mol. The number of aryl methyl sites for hydroxylation is 1. The minimum atomic E-state index is -0.0314. The Kier molecular flexibility index (Phi) is 6.48. The number of rotatable bonds is 6. The van der Waals surface area contributed by atoms with Crippen molar-refractivity contribution in [2.45, 2.75) is 13.0 Å². The summed E-state index contributed by atoms with van der Waals surface area (Å²) in [4.78, 5) is 17.3. The van der Waals surface area contributed by atoms with E-state index in [1.165, 1.54) is 11.1 Å². The molecule has 1 saturated heterocycles. The van der Waals surface area contributed by atoms with Crippen molar-refractivity contribution in [3.63, 3.8) is 0 Å². The second kappa shape index (κ2) is 9.02. The molecule has 0 saturated carbocycles.